The van der Waals surface area contributed by atoms with E-state index in [-0.39, 0.29) is 46.9 Å². The number of methoxy groups -OCH3 is 1. The van der Waals surface area contributed by atoms with Crippen LogP contribution in [-0.2, 0) is 33.8 Å². The molecule has 22 heteroatoms. The van der Waals surface area contributed by atoms with E-state index < -0.39 is 115 Å². The molecule has 6 atom stereocenters. The molecule has 0 unspecified atom stereocenters. The maximum atomic E-state index is 14.1. The molecule has 1 aliphatic heterocycles. The summed E-state index contributed by atoms with van der Waals surface area (Å²) in [5, 5.41) is 88.2. The first kappa shape index (κ1) is 61.0. The van der Waals surface area contributed by atoms with Crippen molar-refractivity contribution in [3.8, 4) is 34.4 Å². The third kappa shape index (κ3) is 12.3. The van der Waals surface area contributed by atoms with Crippen LogP contribution in [0.4, 0.5) is 0 Å². The van der Waals surface area contributed by atoms with E-state index in [9.17, 15) is 44.7 Å². The number of Topliss-reactive ketones (excluding diaryl/α,β-unsaturated/α-hetero) is 1. The second kappa shape index (κ2) is 26.7. The molecule has 2 aliphatic carbocycles. The number of aryl methyl sites for hydroxylation is 1. The zero-order chi connectivity index (χ0) is 61.5. The number of hydrogen-bond donors (Lipinski definition) is 6. The van der Waals surface area contributed by atoms with Gasteiger partial charge < -0.3 is 49.8 Å². The van der Waals surface area contributed by atoms with Crippen LogP contribution in [0, 0.1) is 0 Å². The molecule has 11 rings (SSSR count). The van der Waals surface area contributed by atoms with Gasteiger partial charge in [0, 0.05) is 48.1 Å². The minimum absolute atomic E-state index is 0.0460. The lowest BCUT2D eigenvalue weighted by Crippen LogP contribution is -2.56. The molecule has 1 saturated heterocycles. The Hall–Kier alpha value is -8.69. The SMILES string of the molecule is COc1cccc2c1C(=O)c1c(O)c3c(c(O)c1C2=O)C[C@@](O)(C(=O)CO)C[C@@H]3O[C@H]1C[C@H](NC(=O)c2nnc(-c3ccc(OCc4cnnn4CCCCCCCCC[P+](c4ccccc4)(c4ccccc4)c4ccccc4)cc3)nn2)[C@H](O)[C@H](C)O1. The fourth-order valence-corrected chi connectivity index (χ4v) is 16.8. The van der Waals surface area contributed by atoms with Gasteiger partial charge in [-0.25, -0.2) is 4.68 Å². The molecule has 0 bridgehead atoms. The van der Waals surface area contributed by atoms with Crippen molar-refractivity contribution >= 4 is 46.4 Å². The first-order chi connectivity index (χ1) is 42.7. The van der Waals surface area contributed by atoms with Gasteiger partial charge >= 0.3 is 0 Å². The Bertz CT molecular complexity index is 3710. The minimum atomic E-state index is -2.39. The van der Waals surface area contributed by atoms with E-state index in [1.54, 1.807) is 30.5 Å². The molecule has 0 spiro atoms. The van der Waals surface area contributed by atoms with Crippen molar-refractivity contribution in [2.24, 2.45) is 0 Å². The summed E-state index contributed by atoms with van der Waals surface area (Å²) in [6.07, 6.45) is 4.04. The van der Waals surface area contributed by atoms with E-state index in [2.05, 4.69) is 127 Å². The Labute approximate surface area is 508 Å². The Morgan fingerprint density at radius 1 is 0.750 bits per heavy atom. The highest BCUT2D eigenvalue weighted by molar-refractivity contribution is 7.95. The number of carbonyl (C=O) groups is 4. The number of ether oxygens (including phenoxy) is 4. The average molecular weight is 1210 g/mol. The molecule has 3 aliphatic rings. The normalized spacial score (nSPS) is 19.7. The Balaban J connectivity index is 0.660. The van der Waals surface area contributed by atoms with Crippen LogP contribution in [0.25, 0.3) is 11.4 Å². The van der Waals surface area contributed by atoms with Gasteiger partial charge in [-0.15, -0.1) is 25.5 Å². The van der Waals surface area contributed by atoms with E-state index in [1.807, 2.05) is 4.68 Å². The largest absolute Gasteiger partial charge is 0.507 e. The molecular weight excluding hydrogens is 1140 g/mol. The standard InChI is InChI=1S/C66H67N8O13P/c1-40-58(77)49(34-53(86-40)87-51-36-66(83,52(76)38-75)35-48-55(51)62(81)57-56(60(48)79)59(78)47-26-19-27-50(84-2)54(47)61(57)80)68-65(82)64-71-69-63(70-72-64)41-28-30-43(31-29-41)85-39-42-37-67-73-74(42)32-17-6-4-3-5-7-18-33-88(44-20-11-8-12-21-44,45-22-13-9-14-23-45)46-24-15-10-16-25-46/h8-16,19-31,37,40,49,51,53,58,75,77,83H,3-7,17-18,32-36,38-39H2,1-2H3,(H2-,67,68,69,70,71,72,73,78,79,80,81,82)/p+1/t40-,49-,51-,53-,58+,66-/m0/s1. The number of carbonyl (C=O) groups excluding carboxylic acids is 4. The summed E-state index contributed by atoms with van der Waals surface area (Å²) in [6.45, 7) is 1.38. The van der Waals surface area contributed by atoms with Gasteiger partial charge in [0.25, 0.3) is 11.7 Å². The molecule has 3 heterocycles. The predicted molar refractivity (Wildman–Crippen MR) is 325 cm³/mol. The molecule has 2 aromatic heterocycles. The van der Waals surface area contributed by atoms with Crippen molar-refractivity contribution in [3.63, 3.8) is 0 Å². The van der Waals surface area contributed by atoms with Gasteiger partial charge in [-0.1, -0.05) is 97.6 Å². The number of nitrogens with one attached hydrogen (secondary N) is 1. The monoisotopic (exact) mass is 1210 g/mol. The van der Waals surface area contributed by atoms with Crippen molar-refractivity contribution in [2.75, 3.05) is 19.9 Å². The molecule has 6 aromatic carbocycles. The summed E-state index contributed by atoms with van der Waals surface area (Å²) >= 11 is 0. The molecule has 1 amide bonds. The lowest BCUT2D eigenvalue weighted by molar-refractivity contribution is -0.249. The summed E-state index contributed by atoms with van der Waals surface area (Å²) in [5.41, 5.74) is -2.85. The van der Waals surface area contributed by atoms with Gasteiger partial charge in [-0.05, 0) is 92.9 Å². The number of aliphatic hydroxyl groups is 3. The predicted octanol–water partition coefficient (Wildman–Crippen LogP) is 6.61. The van der Waals surface area contributed by atoms with Crippen molar-refractivity contribution in [3.05, 3.63) is 185 Å². The third-order valence-corrected chi connectivity index (χ3v) is 21.4. The minimum Gasteiger partial charge on any atom is -0.507 e. The summed E-state index contributed by atoms with van der Waals surface area (Å²) in [5.74, 6) is -4.77. The van der Waals surface area contributed by atoms with Gasteiger partial charge in [0.15, 0.2) is 17.9 Å². The van der Waals surface area contributed by atoms with Crippen LogP contribution in [0.3, 0.4) is 0 Å². The highest BCUT2D eigenvalue weighted by Gasteiger charge is 2.51. The maximum absolute atomic E-state index is 14.1. The number of aromatic nitrogens is 7. The number of amides is 1. The first-order valence-corrected chi connectivity index (χ1v) is 31.5. The number of phenols is 2. The van der Waals surface area contributed by atoms with Crippen molar-refractivity contribution in [1.82, 2.24) is 40.7 Å². The number of fused-ring (bicyclic) bond motifs is 3. The number of aromatic hydroxyl groups is 2. The van der Waals surface area contributed by atoms with Gasteiger partial charge in [0.1, 0.15) is 71.1 Å². The Kier molecular flexibility index (Phi) is 18.5. The van der Waals surface area contributed by atoms with Crippen LogP contribution in [0.1, 0.15) is 130 Å². The quantitative estimate of drug-likeness (QED) is 0.0210. The van der Waals surface area contributed by atoms with Crippen LogP contribution >= 0.6 is 7.26 Å². The first-order valence-electron chi connectivity index (χ1n) is 29.5. The molecule has 0 radical (unpaired) electrons. The zero-order valence-electron chi connectivity index (χ0n) is 48.6. The summed E-state index contributed by atoms with van der Waals surface area (Å²) in [7, 11) is -0.512. The van der Waals surface area contributed by atoms with Crippen LogP contribution in [0.5, 0.6) is 23.0 Å². The molecule has 1 fully saturated rings. The lowest BCUT2D eigenvalue weighted by Gasteiger charge is -2.42. The topological polar surface area (TPSA) is 301 Å². The second-order valence-electron chi connectivity index (χ2n) is 22.4. The summed E-state index contributed by atoms with van der Waals surface area (Å²) < 4.78 is 25.6. The van der Waals surface area contributed by atoms with Crippen molar-refractivity contribution in [2.45, 2.75) is 121 Å². The second-order valence-corrected chi connectivity index (χ2v) is 26.0. The number of unbranched alkanes of at least 4 members (excludes halogenated alkanes) is 6. The number of hydrogen-bond acceptors (Lipinski definition) is 19. The lowest BCUT2D eigenvalue weighted by atomic mass is 9.72. The number of ketones is 3. The van der Waals surface area contributed by atoms with Crippen molar-refractivity contribution < 1.29 is 63.7 Å². The fourth-order valence-electron chi connectivity index (χ4n) is 12.3. The van der Waals surface area contributed by atoms with Gasteiger partial charge in [0.05, 0.1) is 60.1 Å². The Morgan fingerprint density at radius 3 is 1.99 bits per heavy atom. The Morgan fingerprint density at radius 2 is 1.36 bits per heavy atom. The van der Waals surface area contributed by atoms with Crippen LogP contribution in [0.15, 0.2) is 140 Å². The molecule has 8 aromatic rings. The molecule has 6 N–H and O–H groups in total. The molecule has 21 nitrogen and oxygen atoms in total. The van der Waals surface area contributed by atoms with Gasteiger partial charge in [-0.3, -0.25) is 19.2 Å². The smallest absolute Gasteiger partial charge is 0.293 e. The van der Waals surface area contributed by atoms with Crippen LogP contribution in [0.2, 0.25) is 0 Å². The molecule has 88 heavy (non-hydrogen) atoms. The van der Waals surface area contributed by atoms with E-state index in [0.29, 0.717) is 11.3 Å². The third-order valence-electron chi connectivity index (χ3n) is 16.9. The van der Waals surface area contributed by atoms with E-state index in [1.165, 1.54) is 67.4 Å². The zero-order valence-corrected chi connectivity index (χ0v) is 49.5. The summed E-state index contributed by atoms with van der Waals surface area (Å²) in [6, 6.07) is 43.4. The number of aliphatic hydroxyl groups excluding tert-OH is 2. The number of rotatable bonds is 24. The number of benzene rings is 6. The van der Waals surface area contributed by atoms with Crippen LogP contribution in [-0.4, -0.2) is 134 Å². The highest BCUT2D eigenvalue weighted by atomic mass is 31.2. The maximum Gasteiger partial charge on any atom is 0.293 e. The molecular formula is C66H68N8O13P+. The highest BCUT2D eigenvalue weighted by Crippen LogP contribution is 2.56. The van der Waals surface area contributed by atoms with Gasteiger partial charge in [-0.2, -0.15) is 0 Å². The van der Waals surface area contributed by atoms with E-state index in [0.717, 1.165) is 44.1 Å². The average Bonchev–Trinajstić information content (AvgIpc) is 0.796. The number of phenolic OH excluding ortho intramolecular Hbond substituents is 2. The number of nitrogens with zero attached hydrogens (tertiary/aromatic N) is 7. The van der Waals surface area contributed by atoms with Gasteiger partial charge in [0.2, 0.25) is 11.6 Å². The molecule has 454 valence electrons. The fraction of sp³-hybridized carbons (Fsp3) is 0.333. The van der Waals surface area contributed by atoms with E-state index >= 15 is 0 Å². The van der Waals surface area contributed by atoms with Crippen molar-refractivity contribution in [1.29, 1.82) is 0 Å². The molecule has 0 saturated carbocycles. The van der Waals surface area contributed by atoms with E-state index in [4.69, 9.17) is 18.9 Å². The van der Waals surface area contributed by atoms with Crippen LogP contribution < -0.4 is 30.7 Å². The summed E-state index contributed by atoms with van der Waals surface area (Å²) in [4.78, 5) is 54.8.